The first-order valence-electron chi connectivity index (χ1n) is 10.1. The first-order valence-corrected chi connectivity index (χ1v) is 10.1. The average molecular weight is 381 g/mol. The van der Waals surface area contributed by atoms with Crippen molar-refractivity contribution < 1.29 is 14.3 Å². The van der Waals surface area contributed by atoms with E-state index in [0.717, 1.165) is 44.5 Å². The quantitative estimate of drug-likeness (QED) is 0.882. The molecule has 6 heteroatoms. The van der Waals surface area contributed by atoms with Gasteiger partial charge in [0.2, 0.25) is 0 Å². The summed E-state index contributed by atoms with van der Waals surface area (Å²) in [7, 11) is 0. The molecule has 2 aliphatic rings. The van der Waals surface area contributed by atoms with Crippen LogP contribution in [-0.4, -0.2) is 48.1 Å². The van der Waals surface area contributed by atoms with E-state index in [9.17, 15) is 4.79 Å². The molecular formula is C22H27N3O3. The van der Waals surface area contributed by atoms with Crippen LogP contribution in [0.1, 0.15) is 41.7 Å². The molecule has 1 fully saturated rings. The largest absolute Gasteiger partial charge is 0.490 e. The Bertz CT molecular complexity index is 789. The highest BCUT2D eigenvalue weighted by Crippen LogP contribution is 2.31. The maximum atomic E-state index is 13.5. The van der Waals surface area contributed by atoms with Crippen LogP contribution >= 0.6 is 0 Å². The summed E-state index contributed by atoms with van der Waals surface area (Å²) in [6.07, 6.45) is 5.64. The zero-order valence-corrected chi connectivity index (χ0v) is 16.1. The van der Waals surface area contributed by atoms with Gasteiger partial charge in [-0.3, -0.25) is 9.78 Å². The summed E-state index contributed by atoms with van der Waals surface area (Å²) in [5.74, 6) is 1.39. The second-order valence-corrected chi connectivity index (χ2v) is 7.30. The number of amides is 1. The van der Waals surface area contributed by atoms with E-state index in [1.54, 1.807) is 6.20 Å². The van der Waals surface area contributed by atoms with Crippen molar-refractivity contribution in [2.24, 2.45) is 0 Å². The van der Waals surface area contributed by atoms with Gasteiger partial charge < -0.3 is 19.7 Å². The molecule has 1 aromatic carbocycles. The van der Waals surface area contributed by atoms with E-state index in [0.29, 0.717) is 36.8 Å². The number of rotatable bonds is 4. The minimum Gasteiger partial charge on any atom is -0.490 e. The van der Waals surface area contributed by atoms with Crippen molar-refractivity contribution in [1.29, 1.82) is 0 Å². The zero-order chi connectivity index (χ0) is 19.2. The molecule has 2 aliphatic heterocycles. The fourth-order valence-corrected chi connectivity index (χ4v) is 3.81. The zero-order valence-electron chi connectivity index (χ0n) is 16.1. The van der Waals surface area contributed by atoms with Crippen LogP contribution in [0.15, 0.2) is 42.6 Å². The van der Waals surface area contributed by atoms with Crippen molar-refractivity contribution in [3.8, 4) is 11.5 Å². The van der Waals surface area contributed by atoms with E-state index in [1.165, 1.54) is 0 Å². The Morgan fingerprint density at radius 3 is 2.82 bits per heavy atom. The molecule has 1 N–H and O–H groups in total. The Morgan fingerprint density at radius 1 is 1.07 bits per heavy atom. The van der Waals surface area contributed by atoms with Gasteiger partial charge in [0.15, 0.2) is 11.5 Å². The number of fused-ring (bicyclic) bond motifs is 1. The molecule has 6 nitrogen and oxygen atoms in total. The Balaban J connectivity index is 1.61. The van der Waals surface area contributed by atoms with E-state index < -0.39 is 0 Å². The van der Waals surface area contributed by atoms with Gasteiger partial charge in [0, 0.05) is 24.2 Å². The van der Waals surface area contributed by atoms with Gasteiger partial charge in [0.05, 0.1) is 25.5 Å². The number of hydrogen-bond acceptors (Lipinski definition) is 5. The van der Waals surface area contributed by atoms with Gasteiger partial charge in [-0.15, -0.1) is 0 Å². The highest BCUT2D eigenvalue weighted by molar-refractivity contribution is 5.95. The number of nitrogens with one attached hydrogen (secondary N) is 1. The molecular weight excluding hydrogens is 354 g/mol. The van der Waals surface area contributed by atoms with E-state index in [-0.39, 0.29) is 11.9 Å². The SMILES string of the molecule is O=C(c1ccc2c(c1)OCCCO2)N(Cc1ccccn1)C1CCCNCC1. The molecule has 1 atom stereocenters. The molecule has 3 heterocycles. The molecule has 1 aromatic heterocycles. The van der Waals surface area contributed by atoms with Crippen LogP contribution in [0.2, 0.25) is 0 Å². The summed E-state index contributed by atoms with van der Waals surface area (Å²) < 4.78 is 11.5. The van der Waals surface area contributed by atoms with E-state index >= 15 is 0 Å². The number of nitrogens with zero attached hydrogens (tertiary/aromatic N) is 2. The summed E-state index contributed by atoms with van der Waals surface area (Å²) in [6, 6.07) is 11.5. The number of hydrogen-bond donors (Lipinski definition) is 1. The summed E-state index contributed by atoms with van der Waals surface area (Å²) in [6.45, 7) is 3.69. The highest BCUT2D eigenvalue weighted by atomic mass is 16.5. The second-order valence-electron chi connectivity index (χ2n) is 7.30. The van der Waals surface area contributed by atoms with E-state index in [4.69, 9.17) is 9.47 Å². The molecule has 0 saturated carbocycles. The molecule has 2 aromatic rings. The molecule has 0 aliphatic carbocycles. The van der Waals surface area contributed by atoms with Gasteiger partial charge >= 0.3 is 0 Å². The molecule has 1 saturated heterocycles. The third-order valence-electron chi connectivity index (χ3n) is 5.30. The fourth-order valence-electron chi connectivity index (χ4n) is 3.81. The third kappa shape index (κ3) is 4.44. The third-order valence-corrected chi connectivity index (χ3v) is 5.30. The Hall–Kier alpha value is -2.60. The van der Waals surface area contributed by atoms with Crippen LogP contribution in [0, 0.1) is 0 Å². The van der Waals surface area contributed by atoms with Gasteiger partial charge in [-0.25, -0.2) is 0 Å². The molecule has 148 valence electrons. The van der Waals surface area contributed by atoms with Crippen molar-refractivity contribution >= 4 is 5.91 Å². The summed E-state index contributed by atoms with van der Waals surface area (Å²) >= 11 is 0. The fraction of sp³-hybridized carbons (Fsp3) is 0.455. The molecule has 0 radical (unpaired) electrons. The van der Waals surface area contributed by atoms with Crippen LogP contribution in [0.25, 0.3) is 0 Å². The highest BCUT2D eigenvalue weighted by Gasteiger charge is 2.27. The number of benzene rings is 1. The van der Waals surface area contributed by atoms with Crippen LogP contribution in [0.3, 0.4) is 0 Å². The lowest BCUT2D eigenvalue weighted by Gasteiger charge is -2.31. The maximum absolute atomic E-state index is 13.5. The standard InChI is InChI=1S/C22H27N3O3/c26-22(17-7-8-20-21(15-17)28-14-4-13-27-20)25(16-18-5-1-2-11-24-18)19-6-3-10-23-12-9-19/h1-2,5,7-8,11,15,19,23H,3-4,6,9-10,12-14,16H2. The van der Waals surface area contributed by atoms with Gasteiger partial charge in [-0.2, -0.15) is 0 Å². The van der Waals surface area contributed by atoms with Crippen LogP contribution in [0.5, 0.6) is 11.5 Å². The molecule has 0 spiro atoms. The van der Waals surface area contributed by atoms with Gasteiger partial charge in [-0.1, -0.05) is 6.07 Å². The monoisotopic (exact) mass is 381 g/mol. The number of carbonyl (C=O) groups is 1. The Kier molecular flexibility index (Phi) is 6.07. The normalized spacial score (nSPS) is 19.4. The minimum atomic E-state index is 0.0215. The molecule has 0 bridgehead atoms. The molecule has 1 unspecified atom stereocenters. The van der Waals surface area contributed by atoms with Gasteiger partial charge in [0.25, 0.3) is 5.91 Å². The Morgan fingerprint density at radius 2 is 1.96 bits per heavy atom. The van der Waals surface area contributed by atoms with Crippen molar-refractivity contribution in [1.82, 2.24) is 15.2 Å². The Labute approximate surface area is 165 Å². The lowest BCUT2D eigenvalue weighted by molar-refractivity contribution is 0.0642. The second kappa shape index (κ2) is 9.06. The number of aromatic nitrogens is 1. The van der Waals surface area contributed by atoms with E-state index in [2.05, 4.69) is 10.3 Å². The summed E-state index contributed by atoms with van der Waals surface area (Å²) in [5, 5.41) is 3.43. The number of carbonyl (C=O) groups excluding carboxylic acids is 1. The van der Waals surface area contributed by atoms with E-state index in [1.807, 2.05) is 41.3 Å². The first-order chi connectivity index (χ1) is 13.8. The number of ether oxygens (including phenoxy) is 2. The van der Waals surface area contributed by atoms with Crippen molar-refractivity contribution in [2.45, 2.75) is 38.3 Å². The lowest BCUT2D eigenvalue weighted by Crippen LogP contribution is -2.40. The molecule has 28 heavy (non-hydrogen) atoms. The lowest BCUT2D eigenvalue weighted by atomic mass is 10.0. The maximum Gasteiger partial charge on any atom is 0.254 e. The summed E-state index contributed by atoms with van der Waals surface area (Å²) in [5.41, 5.74) is 1.54. The van der Waals surface area contributed by atoms with Gasteiger partial charge in [0.1, 0.15) is 0 Å². The van der Waals surface area contributed by atoms with Gasteiger partial charge in [-0.05, 0) is 62.7 Å². The van der Waals surface area contributed by atoms with Crippen LogP contribution in [-0.2, 0) is 6.54 Å². The minimum absolute atomic E-state index is 0.0215. The summed E-state index contributed by atoms with van der Waals surface area (Å²) in [4.78, 5) is 19.9. The van der Waals surface area contributed by atoms with Crippen molar-refractivity contribution in [2.75, 3.05) is 26.3 Å². The van der Waals surface area contributed by atoms with Crippen LogP contribution in [0.4, 0.5) is 0 Å². The predicted octanol–water partition coefficient (Wildman–Crippen LogP) is 3.03. The first kappa shape index (κ1) is 18.7. The number of pyridine rings is 1. The predicted molar refractivity (Wildman–Crippen MR) is 107 cm³/mol. The average Bonchev–Trinajstić information content (AvgIpc) is 3.14. The molecule has 1 amide bonds. The van der Waals surface area contributed by atoms with Crippen molar-refractivity contribution in [3.05, 3.63) is 53.9 Å². The molecule has 4 rings (SSSR count). The van der Waals surface area contributed by atoms with Crippen molar-refractivity contribution in [3.63, 3.8) is 0 Å². The van der Waals surface area contributed by atoms with Crippen LogP contribution < -0.4 is 14.8 Å². The smallest absolute Gasteiger partial charge is 0.254 e. The topological polar surface area (TPSA) is 63.7 Å².